The molecule has 0 saturated carbocycles. The maximum atomic E-state index is 8.95. The molecule has 0 amide bonds. The number of aromatic hydroxyl groups is 1. The van der Waals surface area contributed by atoms with Gasteiger partial charge in [0.05, 0.1) is 0 Å². The summed E-state index contributed by atoms with van der Waals surface area (Å²) in [5.74, 6) is 0.424. The first-order valence-electron chi connectivity index (χ1n) is 2.46. The van der Waals surface area contributed by atoms with Crippen LogP contribution in [0.2, 0.25) is 0 Å². The lowest BCUT2D eigenvalue weighted by atomic mass is 10.4. The summed E-state index contributed by atoms with van der Waals surface area (Å²) in [6.07, 6.45) is 0. The first-order valence-corrected chi connectivity index (χ1v) is 3.28. The SMILES string of the molecule is Cc1cc(O)c(C)s1. The van der Waals surface area contributed by atoms with Crippen molar-refractivity contribution in [3.8, 4) is 5.75 Å². The second kappa shape index (κ2) is 1.78. The number of thiophene rings is 1. The van der Waals surface area contributed by atoms with E-state index in [1.54, 1.807) is 17.4 Å². The summed E-state index contributed by atoms with van der Waals surface area (Å²) in [5, 5.41) is 8.95. The van der Waals surface area contributed by atoms with Crippen molar-refractivity contribution in [2.75, 3.05) is 0 Å². The van der Waals surface area contributed by atoms with Crippen LogP contribution < -0.4 is 0 Å². The van der Waals surface area contributed by atoms with Gasteiger partial charge >= 0.3 is 0 Å². The maximum Gasteiger partial charge on any atom is 0.129 e. The van der Waals surface area contributed by atoms with Crippen LogP contribution in [0, 0.1) is 13.8 Å². The average Bonchev–Trinajstić information content (AvgIpc) is 1.85. The summed E-state index contributed by atoms with van der Waals surface area (Å²) >= 11 is 1.62. The molecule has 1 aromatic heterocycles. The van der Waals surface area contributed by atoms with Crippen molar-refractivity contribution in [3.63, 3.8) is 0 Å². The van der Waals surface area contributed by atoms with Crippen LogP contribution in [0.3, 0.4) is 0 Å². The normalized spacial score (nSPS) is 9.75. The molecule has 0 fully saturated rings. The number of rotatable bonds is 0. The molecule has 0 aromatic carbocycles. The third kappa shape index (κ3) is 0.842. The van der Waals surface area contributed by atoms with E-state index in [1.165, 1.54) is 4.88 Å². The van der Waals surface area contributed by atoms with E-state index in [4.69, 9.17) is 5.11 Å². The van der Waals surface area contributed by atoms with Crippen molar-refractivity contribution in [3.05, 3.63) is 15.8 Å². The van der Waals surface area contributed by atoms with Gasteiger partial charge in [0.25, 0.3) is 0 Å². The summed E-state index contributed by atoms with van der Waals surface area (Å²) < 4.78 is 0. The van der Waals surface area contributed by atoms with E-state index >= 15 is 0 Å². The zero-order valence-corrected chi connectivity index (χ0v) is 5.75. The van der Waals surface area contributed by atoms with Crippen LogP contribution in [0.4, 0.5) is 0 Å². The Labute approximate surface area is 52.6 Å². The molecule has 8 heavy (non-hydrogen) atoms. The Morgan fingerprint density at radius 1 is 1.50 bits per heavy atom. The Balaban J connectivity index is 3.14. The van der Waals surface area contributed by atoms with Crippen molar-refractivity contribution >= 4 is 11.3 Å². The first-order chi connectivity index (χ1) is 3.70. The fraction of sp³-hybridized carbons (Fsp3) is 0.333. The minimum absolute atomic E-state index is 0.424. The summed E-state index contributed by atoms with van der Waals surface area (Å²) in [6, 6.07) is 1.78. The molecule has 1 aromatic rings. The van der Waals surface area contributed by atoms with E-state index in [-0.39, 0.29) is 0 Å². The van der Waals surface area contributed by atoms with Gasteiger partial charge in [-0.15, -0.1) is 11.3 Å². The third-order valence-corrected chi connectivity index (χ3v) is 1.97. The average molecular weight is 128 g/mol. The summed E-state index contributed by atoms with van der Waals surface area (Å²) in [4.78, 5) is 2.17. The van der Waals surface area contributed by atoms with Gasteiger partial charge < -0.3 is 5.11 Å². The highest BCUT2D eigenvalue weighted by Crippen LogP contribution is 2.25. The molecule has 0 radical (unpaired) electrons. The van der Waals surface area contributed by atoms with Crippen LogP contribution in [-0.2, 0) is 0 Å². The Morgan fingerprint density at radius 3 is 2.25 bits per heavy atom. The van der Waals surface area contributed by atoms with Crippen LogP contribution >= 0.6 is 11.3 Å². The zero-order chi connectivity index (χ0) is 6.15. The van der Waals surface area contributed by atoms with Crippen LogP contribution in [-0.4, -0.2) is 5.11 Å². The fourth-order valence-corrected chi connectivity index (χ4v) is 1.43. The fourth-order valence-electron chi connectivity index (χ4n) is 0.617. The third-order valence-electron chi connectivity index (χ3n) is 1.01. The standard InChI is InChI=1S/C6H8OS/c1-4-3-6(7)5(2)8-4/h3,7H,1-2H3. The molecule has 1 heterocycles. The van der Waals surface area contributed by atoms with Crippen molar-refractivity contribution in [2.45, 2.75) is 13.8 Å². The van der Waals surface area contributed by atoms with Gasteiger partial charge in [-0.2, -0.15) is 0 Å². The van der Waals surface area contributed by atoms with Gasteiger partial charge in [-0.3, -0.25) is 0 Å². The molecule has 0 aliphatic rings. The van der Waals surface area contributed by atoms with Crippen LogP contribution in [0.15, 0.2) is 6.07 Å². The van der Waals surface area contributed by atoms with Crippen molar-refractivity contribution in [1.29, 1.82) is 0 Å². The Bertz CT molecular complexity index is 171. The van der Waals surface area contributed by atoms with E-state index in [1.807, 2.05) is 13.8 Å². The largest absolute Gasteiger partial charge is 0.507 e. The van der Waals surface area contributed by atoms with Gasteiger partial charge in [0, 0.05) is 9.75 Å². The quantitative estimate of drug-likeness (QED) is 0.567. The molecule has 0 unspecified atom stereocenters. The molecule has 0 saturated heterocycles. The van der Waals surface area contributed by atoms with Crippen LogP contribution in [0.25, 0.3) is 0 Å². The van der Waals surface area contributed by atoms with E-state index < -0.39 is 0 Å². The molecule has 0 atom stereocenters. The molecule has 0 bridgehead atoms. The Hall–Kier alpha value is -0.500. The molecular weight excluding hydrogens is 120 g/mol. The van der Waals surface area contributed by atoms with Gasteiger partial charge in [0.15, 0.2) is 0 Å². The molecule has 0 spiro atoms. The highest BCUT2D eigenvalue weighted by atomic mass is 32.1. The summed E-state index contributed by atoms with van der Waals surface area (Å²) in [6.45, 7) is 3.89. The molecule has 2 heteroatoms. The molecule has 1 rings (SSSR count). The highest BCUT2D eigenvalue weighted by molar-refractivity contribution is 7.12. The smallest absolute Gasteiger partial charge is 0.129 e. The van der Waals surface area contributed by atoms with Gasteiger partial charge in [-0.1, -0.05) is 0 Å². The highest BCUT2D eigenvalue weighted by Gasteiger charge is 1.96. The van der Waals surface area contributed by atoms with E-state index in [2.05, 4.69) is 0 Å². The van der Waals surface area contributed by atoms with Gasteiger partial charge in [0.2, 0.25) is 0 Å². The molecule has 1 nitrogen and oxygen atoms in total. The van der Waals surface area contributed by atoms with E-state index in [0.29, 0.717) is 5.75 Å². The van der Waals surface area contributed by atoms with Crippen molar-refractivity contribution < 1.29 is 5.11 Å². The summed E-state index contributed by atoms with van der Waals surface area (Å²) in [5.41, 5.74) is 0. The first kappa shape index (κ1) is 5.63. The minimum atomic E-state index is 0.424. The van der Waals surface area contributed by atoms with Gasteiger partial charge in [-0.05, 0) is 19.9 Å². The Kier molecular flexibility index (Phi) is 1.26. The van der Waals surface area contributed by atoms with E-state index in [0.717, 1.165) is 4.88 Å². The molecular formula is C6H8OS. The predicted molar refractivity (Wildman–Crippen MR) is 35.5 cm³/mol. The van der Waals surface area contributed by atoms with Crippen LogP contribution in [0.1, 0.15) is 9.75 Å². The second-order valence-corrected chi connectivity index (χ2v) is 3.26. The van der Waals surface area contributed by atoms with Gasteiger partial charge in [0.1, 0.15) is 5.75 Å². The number of aryl methyl sites for hydroxylation is 2. The maximum absolute atomic E-state index is 8.95. The van der Waals surface area contributed by atoms with Crippen molar-refractivity contribution in [1.82, 2.24) is 0 Å². The molecule has 0 aliphatic carbocycles. The molecule has 0 aliphatic heterocycles. The lowest BCUT2D eigenvalue weighted by Crippen LogP contribution is -1.54. The minimum Gasteiger partial charge on any atom is -0.507 e. The predicted octanol–water partition coefficient (Wildman–Crippen LogP) is 2.07. The van der Waals surface area contributed by atoms with E-state index in [9.17, 15) is 0 Å². The molecule has 1 N–H and O–H groups in total. The monoisotopic (exact) mass is 128 g/mol. The van der Waals surface area contributed by atoms with Gasteiger partial charge in [-0.25, -0.2) is 0 Å². The lowest BCUT2D eigenvalue weighted by molar-refractivity contribution is 0.474. The number of hydrogen-bond acceptors (Lipinski definition) is 2. The number of hydrogen-bond donors (Lipinski definition) is 1. The zero-order valence-electron chi connectivity index (χ0n) is 4.93. The second-order valence-electron chi connectivity index (χ2n) is 1.80. The molecule has 44 valence electrons. The Morgan fingerprint density at radius 2 is 2.12 bits per heavy atom. The summed E-state index contributed by atoms with van der Waals surface area (Å²) in [7, 11) is 0. The topological polar surface area (TPSA) is 20.2 Å². The van der Waals surface area contributed by atoms with Crippen LogP contribution in [0.5, 0.6) is 5.75 Å². The van der Waals surface area contributed by atoms with Crippen molar-refractivity contribution in [2.24, 2.45) is 0 Å². The lowest BCUT2D eigenvalue weighted by Gasteiger charge is -1.79.